The highest BCUT2D eigenvalue weighted by atomic mass is 32.2. The second-order valence-corrected chi connectivity index (χ2v) is 7.46. The van der Waals surface area contributed by atoms with Gasteiger partial charge >= 0.3 is 0 Å². The molecule has 4 nitrogen and oxygen atoms in total. The summed E-state index contributed by atoms with van der Waals surface area (Å²) in [4.78, 5) is 0.391. The highest BCUT2D eigenvalue weighted by molar-refractivity contribution is 7.89. The van der Waals surface area contributed by atoms with Gasteiger partial charge in [-0.3, -0.25) is 0 Å². The molecule has 0 unspecified atom stereocenters. The van der Waals surface area contributed by atoms with E-state index in [1.54, 1.807) is 6.07 Å². The Morgan fingerprint density at radius 3 is 2.68 bits per heavy atom. The van der Waals surface area contributed by atoms with E-state index in [2.05, 4.69) is 4.72 Å². The Hall–Kier alpha value is -0.910. The number of hydrogen-bond donors (Lipinski definition) is 2. The predicted octanol–water partition coefficient (Wildman–Crippen LogP) is 1.44. The molecule has 1 aromatic carbocycles. The van der Waals surface area contributed by atoms with Crippen molar-refractivity contribution in [3.8, 4) is 0 Å². The Bertz CT molecular complexity index is 567. The van der Waals surface area contributed by atoms with Gasteiger partial charge in [0, 0.05) is 6.54 Å². The van der Waals surface area contributed by atoms with Gasteiger partial charge in [-0.2, -0.15) is 0 Å². The fourth-order valence-electron chi connectivity index (χ4n) is 2.50. The number of nitrogens with one attached hydrogen (secondary N) is 1. The van der Waals surface area contributed by atoms with Crippen molar-refractivity contribution in [1.29, 1.82) is 0 Å². The SMILES string of the molecule is NC[C@@H]1C[C@H]1CNS(=O)(=O)c1cccc(C2CC2)c1. The quantitative estimate of drug-likeness (QED) is 0.828. The molecule has 0 saturated heterocycles. The summed E-state index contributed by atoms with van der Waals surface area (Å²) < 4.78 is 27.1. The van der Waals surface area contributed by atoms with Gasteiger partial charge in [0.15, 0.2) is 0 Å². The van der Waals surface area contributed by atoms with Gasteiger partial charge in [0.05, 0.1) is 4.90 Å². The van der Waals surface area contributed by atoms with Crippen LogP contribution >= 0.6 is 0 Å². The summed E-state index contributed by atoms with van der Waals surface area (Å²) in [5.41, 5.74) is 6.70. The van der Waals surface area contributed by atoms with Crippen molar-refractivity contribution in [2.45, 2.75) is 30.1 Å². The monoisotopic (exact) mass is 280 g/mol. The Morgan fingerprint density at radius 2 is 2.05 bits per heavy atom. The van der Waals surface area contributed by atoms with E-state index in [1.165, 1.54) is 12.8 Å². The van der Waals surface area contributed by atoms with Gasteiger partial charge in [-0.05, 0) is 61.3 Å². The summed E-state index contributed by atoms with van der Waals surface area (Å²) in [5, 5.41) is 0. The van der Waals surface area contributed by atoms with Crippen LogP contribution in [0.4, 0.5) is 0 Å². The van der Waals surface area contributed by atoms with Crippen LogP contribution in [0, 0.1) is 11.8 Å². The highest BCUT2D eigenvalue weighted by Gasteiger charge is 2.36. The predicted molar refractivity (Wildman–Crippen MR) is 74.3 cm³/mol. The lowest BCUT2D eigenvalue weighted by atomic mass is 10.1. The third-order valence-electron chi connectivity index (χ3n) is 4.12. The average Bonchev–Trinajstić information content (AvgIpc) is 3.29. The topological polar surface area (TPSA) is 72.2 Å². The van der Waals surface area contributed by atoms with E-state index in [-0.39, 0.29) is 0 Å². The fraction of sp³-hybridized carbons (Fsp3) is 0.571. The van der Waals surface area contributed by atoms with Crippen LogP contribution in [0.3, 0.4) is 0 Å². The van der Waals surface area contributed by atoms with Crippen LogP contribution in [-0.4, -0.2) is 21.5 Å². The molecule has 3 N–H and O–H groups in total. The third kappa shape index (κ3) is 2.99. The van der Waals surface area contributed by atoms with Crippen molar-refractivity contribution >= 4 is 10.0 Å². The first-order valence-electron chi connectivity index (χ1n) is 6.90. The Morgan fingerprint density at radius 1 is 1.26 bits per heavy atom. The molecular weight excluding hydrogens is 260 g/mol. The van der Waals surface area contributed by atoms with E-state index in [0.29, 0.717) is 35.7 Å². The summed E-state index contributed by atoms with van der Waals surface area (Å²) >= 11 is 0. The van der Waals surface area contributed by atoms with Crippen LogP contribution in [0.15, 0.2) is 29.2 Å². The van der Waals surface area contributed by atoms with Gasteiger partial charge in [0.2, 0.25) is 10.0 Å². The van der Waals surface area contributed by atoms with Crippen molar-refractivity contribution in [2.24, 2.45) is 17.6 Å². The van der Waals surface area contributed by atoms with Crippen molar-refractivity contribution in [2.75, 3.05) is 13.1 Å². The standard InChI is InChI=1S/C14H20N2O2S/c15-8-12-6-13(12)9-16-19(17,18)14-3-1-2-11(7-14)10-4-5-10/h1-3,7,10,12-13,16H,4-6,8-9,15H2/t12-,13-/m0/s1. The molecule has 19 heavy (non-hydrogen) atoms. The first-order valence-corrected chi connectivity index (χ1v) is 8.38. The smallest absolute Gasteiger partial charge is 0.240 e. The minimum Gasteiger partial charge on any atom is -0.330 e. The van der Waals surface area contributed by atoms with Crippen molar-refractivity contribution in [3.63, 3.8) is 0 Å². The van der Waals surface area contributed by atoms with Gasteiger partial charge in [0.1, 0.15) is 0 Å². The maximum absolute atomic E-state index is 12.2. The lowest BCUT2D eigenvalue weighted by molar-refractivity contribution is 0.573. The minimum absolute atomic E-state index is 0.391. The maximum Gasteiger partial charge on any atom is 0.240 e. The largest absolute Gasteiger partial charge is 0.330 e. The van der Waals surface area contributed by atoms with Gasteiger partial charge in [0.25, 0.3) is 0 Å². The molecule has 2 atom stereocenters. The van der Waals surface area contributed by atoms with Crippen LogP contribution < -0.4 is 10.5 Å². The van der Waals surface area contributed by atoms with Crippen molar-refractivity contribution in [1.82, 2.24) is 4.72 Å². The van der Waals surface area contributed by atoms with Crippen molar-refractivity contribution < 1.29 is 8.42 Å². The fourth-order valence-corrected chi connectivity index (χ4v) is 3.65. The molecule has 104 valence electrons. The van der Waals surface area contributed by atoms with E-state index in [9.17, 15) is 8.42 Å². The first-order chi connectivity index (χ1) is 9.10. The van der Waals surface area contributed by atoms with E-state index in [0.717, 1.165) is 12.0 Å². The van der Waals surface area contributed by atoms with E-state index in [4.69, 9.17) is 5.73 Å². The molecule has 0 amide bonds. The van der Waals surface area contributed by atoms with E-state index < -0.39 is 10.0 Å². The molecular formula is C14H20N2O2S. The molecule has 0 aromatic heterocycles. The molecule has 1 aromatic rings. The summed E-state index contributed by atoms with van der Waals surface area (Å²) in [6, 6.07) is 7.33. The van der Waals surface area contributed by atoms with Crippen LogP contribution in [0.5, 0.6) is 0 Å². The van der Waals surface area contributed by atoms with E-state index in [1.807, 2.05) is 18.2 Å². The second kappa shape index (κ2) is 4.89. The zero-order valence-corrected chi connectivity index (χ0v) is 11.7. The molecule has 0 radical (unpaired) electrons. The van der Waals surface area contributed by atoms with Crippen LogP contribution in [0.1, 0.15) is 30.7 Å². The molecule has 5 heteroatoms. The normalized spacial score (nSPS) is 26.4. The number of hydrogen-bond acceptors (Lipinski definition) is 3. The summed E-state index contributed by atoms with van der Waals surface area (Å²) in [7, 11) is -3.37. The van der Waals surface area contributed by atoms with Crippen molar-refractivity contribution in [3.05, 3.63) is 29.8 Å². The molecule has 0 bridgehead atoms. The van der Waals surface area contributed by atoms with Crippen LogP contribution in [0.25, 0.3) is 0 Å². The van der Waals surface area contributed by atoms with E-state index >= 15 is 0 Å². The van der Waals surface area contributed by atoms with Gasteiger partial charge in [-0.25, -0.2) is 13.1 Å². The van der Waals surface area contributed by atoms with Gasteiger partial charge in [-0.1, -0.05) is 12.1 Å². The Kier molecular flexibility index (Phi) is 3.37. The molecule has 2 aliphatic carbocycles. The summed E-state index contributed by atoms with van der Waals surface area (Å²) in [5.74, 6) is 1.49. The summed E-state index contributed by atoms with van der Waals surface area (Å²) in [6.45, 7) is 1.17. The number of sulfonamides is 1. The van der Waals surface area contributed by atoms with Crippen LogP contribution in [0.2, 0.25) is 0 Å². The summed E-state index contributed by atoms with van der Waals surface area (Å²) in [6.07, 6.45) is 3.40. The molecule has 2 saturated carbocycles. The highest BCUT2D eigenvalue weighted by Crippen LogP contribution is 2.40. The molecule has 0 spiro atoms. The minimum atomic E-state index is -3.37. The van der Waals surface area contributed by atoms with Gasteiger partial charge < -0.3 is 5.73 Å². The first kappa shape index (κ1) is 13.1. The number of nitrogens with two attached hydrogens (primary N) is 1. The molecule has 3 rings (SSSR count). The molecule has 2 fully saturated rings. The lowest BCUT2D eigenvalue weighted by Crippen LogP contribution is -2.26. The maximum atomic E-state index is 12.2. The number of rotatable bonds is 6. The molecule has 2 aliphatic rings. The third-order valence-corrected chi connectivity index (χ3v) is 5.55. The Labute approximate surface area is 114 Å². The second-order valence-electron chi connectivity index (χ2n) is 5.69. The number of benzene rings is 1. The lowest BCUT2D eigenvalue weighted by Gasteiger charge is -2.08. The van der Waals surface area contributed by atoms with Gasteiger partial charge in [-0.15, -0.1) is 0 Å². The molecule has 0 aliphatic heterocycles. The van der Waals surface area contributed by atoms with Crippen LogP contribution in [-0.2, 0) is 10.0 Å². The zero-order chi connectivity index (χ0) is 13.5. The zero-order valence-electron chi connectivity index (χ0n) is 10.9. The Balaban J connectivity index is 1.67. The molecule has 0 heterocycles. The average molecular weight is 280 g/mol.